The minimum atomic E-state index is -1.40. The number of hydrogen-bond acceptors (Lipinski definition) is 7. The van der Waals surface area contributed by atoms with Crippen molar-refractivity contribution in [1.29, 1.82) is 0 Å². The van der Waals surface area contributed by atoms with E-state index in [1.807, 2.05) is 30.2 Å². The first-order valence-electron chi connectivity index (χ1n) is 8.22. The summed E-state index contributed by atoms with van der Waals surface area (Å²) in [7, 11) is 1.38. The van der Waals surface area contributed by atoms with Gasteiger partial charge in [-0.05, 0) is 36.3 Å². The Kier molecular flexibility index (Phi) is 6.06. The number of ketones is 1. The number of methoxy groups -OCH3 is 1. The number of anilines is 1. The molecule has 0 aliphatic heterocycles. The van der Waals surface area contributed by atoms with Gasteiger partial charge in [0.1, 0.15) is 0 Å². The molecule has 29 heavy (non-hydrogen) atoms. The van der Waals surface area contributed by atoms with Crippen LogP contribution in [0.1, 0.15) is 10.4 Å². The number of carbonyl (C=O) groups is 3. The molecule has 0 aliphatic rings. The summed E-state index contributed by atoms with van der Waals surface area (Å²) in [6, 6.07) is 11.7. The lowest BCUT2D eigenvalue weighted by Gasteiger charge is -2.11. The maximum Gasteiger partial charge on any atom is 0.382 e. The molecule has 2 N–H and O–H groups in total. The van der Waals surface area contributed by atoms with E-state index in [1.54, 1.807) is 5.92 Å². The van der Waals surface area contributed by atoms with Gasteiger partial charge in [0, 0.05) is 11.5 Å². The standard InChI is InChI=1S/C20H14N2O6S/c1-27-16-10-12(14(23)7-9-19(25)26)6-8-15(16)28-11-18(24)22-20-21-13-4-2-3-5-17(13)29-20/h2-6,8,10H,11H2,1H3,(H,25,26)(H,21,22,24). The van der Waals surface area contributed by atoms with Gasteiger partial charge < -0.3 is 14.6 Å². The summed E-state index contributed by atoms with van der Waals surface area (Å²) in [5, 5.41) is 11.6. The fourth-order valence-electron chi connectivity index (χ4n) is 2.33. The number of thiazole rings is 1. The zero-order valence-electron chi connectivity index (χ0n) is 15.1. The minimum absolute atomic E-state index is 0.141. The molecular formula is C20H14N2O6S. The Balaban J connectivity index is 1.65. The number of aliphatic carboxylic acids is 1. The maximum atomic E-state index is 12.1. The number of benzene rings is 2. The monoisotopic (exact) mass is 410 g/mol. The summed E-state index contributed by atoms with van der Waals surface area (Å²) in [4.78, 5) is 38.8. The molecule has 0 saturated heterocycles. The second-order valence-electron chi connectivity index (χ2n) is 5.57. The van der Waals surface area contributed by atoms with Gasteiger partial charge in [-0.1, -0.05) is 23.5 Å². The third-order valence-electron chi connectivity index (χ3n) is 3.61. The molecule has 146 valence electrons. The predicted octanol–water partition coefficient (Wildman–Crippen LogP) is 2.59. The van der Waals surface area contributed by atoms with Crippen LogP contribution in [0.5, 0.6) is 11.5 Å². The van der Waals surface area contributed by atoms with Crippen LogP contribution in [0, 0.1) is 11.8 Å². The SMILES string of the molecule is COc1cc(C(=O)C#CC(=O)O)ccc1OCC(=O)Nc1nc2ccccc2s1. The van der Waals surface area contributed by atoms with Crippen molar-refractivity contribution in [2.24, 2.45) is 0 Å². The lowest BCUT2D eigenvalue weighted by molar-refractivity contribution is -0.130. The van der Waals surface area contributed by atoms with Crippen molar-refractivity contribution in [2.75, 3.05) is 19.0 Å². The second-order valence-corrected chi connectivity index (χ2v) is 6.60. The van der Waals surface area contributed by atoms with Crippen LogP contribution in [0.15, 0.2) is 42.5 Å². The molecule has 1 aromatic heterocycles. The second kappa shape index (κ2) is 8.86. The van der Waals surface area contributed by atoms with Gasteiger partial charge in [0.15, 0.2) is 23.2 Å². The van der Waals surface area contributed by atoms with Crippen molar-refractivity contribution >= 4 is 44.3 Å². The number of carboxylic acid groups (broad SMARTS) is 1. The number of carboxylic acids is 1. The smallest absolute Gasteiger partial charge is 0.382 e. The number of ether oxygens (including phenoxy) is 2. The number of nitrogens with one attached hydrogen (secondary N) is 1. The summed E-state index contributed by atoms with van der Waals surface area (Å²) < 4.78 is 11.6. The summed E-state index contributed by atoms with van der Waals surface area (Å²) >= 11 is 1.35. The third-order valence-corrected chi connectivity index (χ3v) is 4.56. The van der Waals surface area contributed by atoms with Gasteiger partial charge in [0.05, 0.1) is 17.3 Å². The van der Waals surface area contributed by atoms with Crippen LogP contribution in [0.2, 0.25) is 0 Å². The number of amides is 1. The van der Waals surface area contributed by atoms with Crippen molar-refractivity contribution < 1.29 is 29.0 Å². The molecule has 0 aliphatic carbocycles. The molecule has 0 atom stereocenters. The van der Waals surface area contributed by atoms with Gasteiger partial charge in [-0.2, -0.15) is 0 Å². The van der Waals surface area contributed by atoms with Crippen LogP contribution in [0.25, 0.3) is 10.2 Å². The molecule has 0 radical (unpaired) electrons. The van der Waals surface area contributed by atoms with E-state index in [4.69, 9.17) is 14.6 Å². The molecule has 8 nitrogen and oxygen atoms in total. The highest BCUT2D eigenvalue weighted by Crippen LogP contribution is 2.29. The molecule has 0 spiro atoms. The molecule has 1 amide bonds. The van der Waals surface area contributed by atoms with E-state index in [1.165, 1.54) is 36.6 Å². The quantitative estimate of drug-likeness (QED) is 0.365. The molecule has 1 heterocycles. The highest BCUT2D eigenvalue weighted by atomic mass is 32.1. The van der Waals surface area contributed by atoms with Crippen molar-refractivity contribution in [3.05, 3.63) is 48.0 Å². The van der Waals surface area contributed by atoms with Gasteiger partial charge in [0.2, 0.25) is 5.78 Å². The number of aromatic nitrogens is 1. The Morgan fingerprint density at radius 3 is 2.66 bits per heavy atom. The van der Waals surface area contributed by atoms with Crippen molar-refractivity contribution in [1.82, 2.24) is 4.98 Å². The van der Waals surface area contributed by atoms with E-state index >= 15 is 0 Å². The van der Waals surface area contributed by atoms with Gasteiger partial charge in [-0.25, -0.2) is 9.78 Å². The highest BCUT2D eigenvalue weighted by Gasteiger charge is 2.13. The number of fused-ring (bicyclic) bond motifs is 1. The summed E-state index contributed by atoms with van der Waals surface area (Å²) in [6.45, 7) is -0.293. The largest absolute Gasteiger partial charge is 0.493 e. The van der Waals surface area contributed by atoms with Gasteiger partial charge in [0.25, 0.3) is 5.91 Å². The van der Waals surface area contributed by atoms with Crippen molar-refractivity contribution in [3.63, 3.8) is 0 Å². The Bertz CT molecular complexity index is 1130. The van der Waals surface area contributed by atoms with E-state index in [2.05, 4.69) is 10.3 Å². The number of rotatable bonds is 6. The molecule has 0 bridgehead atoms. The molecular weight excluding hydrogens is 396 g/mol. The highest BCUT2D eigenvalue weighted by molar-refractivity contribution is 7.22. The Morgan fingerprint density at radius 1 is 1.14 bits per heavy atom. The Labute approximate surface area is 169 Å². The Hall–Kier alpha value is -3.90. The average Bonchev–Trinajstić information content (AvgIpc) is 3.12. The zero-order chi connectivity index (χ0) is 20.8. The minimum Gasteiger partial charge on any atom is -0.493 e. The Morgan fingerprint density at radius 2 is 1.93 bits per heavy atom. The van der Waals surface area contributed by atoms with Crippen LogP contribution < -0.4 is 14.8 Å². The lowest BCUT2D eigenvalue weighted by Crippen LogP contribution is -2.20. The van der Waals surface area contributed by atoms with Gasteiger partial charge in [-0.3, -0.25) is 14.9 Å². The molecule has 0 fully saturated rings. The predicted molar refractivity (Wildman–Crippen MR) is 106 cm³/mol. The van der Waals surface area contributed by atoms with Gasteiger partial charge >= 0.3 is 5.97 Å². The number of nitrogens with zero attached hydrogens (tertiary/aromatic N) is 1. The fourth-order valence-corrected chi connectivity index (χ4v) is 3.22. The van der Waals surface area contributed by atoms with Crippen LogP contribution in [-0.2, 0) is 9.59 Å². The van der Waals surface area contributed by atoms with E-state index in [0.717, 1.165) is 10.2 Å². The lowest BCUT2D eigenvalue weighted by atomic mass is 10.1. The first-order valence-corrected chi connectivity index (χ1v) is 9.03. The van der Waals surface area contributed by atoms with Crippen molar-refractivity contribution in [3.8, 4) is 23.3 Å². The molecule has 3 rings (SSSR count). The molecule has 2 aromatic carbocycles. The normalized spacial score (nSPS) is 9.97. The molecule has 3 aromatic rings. The van der Waals surface area contributed by atoms with E-state index in [-0.39, 0.29) is 23.7 Å². The van der Waals surface area contributed by atoms with Crippen LogP contribution in [-0.4, -0.2) is 41.5 Å². The molecule has 0 unspecified atom stereocenters. The summed E-state index contributed by atoms with van der Waals surface area (Å²) in [6.07, 6.45) is 0. The first-order chi connectivity index (χ1) is 14.0. The zero-order valence-corrected chi connectivity index (χ0v) is 15.9. The van der Waals surface area contributed by atoms with Crippen molar-refractivity contribution in [2.45, 2.75) is 0 Å². The number of Topliss-reactive ketones (excluding diaryl/α,β-unsaturated/α-hetero) is 1. The number of para-hydroxylation sites is 1. The van der Waals surface area contributed by atoms with E-state index < -0.39 is 17.7 Å². The van der Waals surface area contributed by atoms with Gasteiger partial charge in [-0.15, -0.1) is 0 Å². The topological polar surface area (TPSA) is 115 Å². The molecule has 0 saturated carbocycles. The average molecular weight is 410 g/mol. The first kappa shape index (κ1) is 19.9. The van der Waals surface area contributed by atoms with Crippen LogP contribution in [0.4, 0.5) is 5.13 Å². The van der Waals surface area contributed by atoms with E-state index in [0.29, 0.717) is 5.13 Å². The summed E-state index contributed by atoms with van der Waals surface area (Å²) in [5.41, 5.74) is 0.934. The van der Waals surface area contributed by atoms with Crippen LogP contribution >= 0.6 is 11.3 Å². The maximum absolute atomic E-state index is 12.1. The summed E-state index contributed by atoms with van der Waals surface area (Å²) in [5.74, 6) is 1.73. The number of carbonyl (C=O) groups excluding carboxylic acids is 2. The fraction of sp³-hybridized carbons (Fsp3) is 0.100. The van der Waals surface area contributed by atoms with E-state index in [9.17, 15) is 14.4 Å². The molecule has 9 heteroatoms. The third kappa shape index (κ3) is 5.09. The van der Waals surface area contributed by atoms with Crippen LogP contribution in [0.3, 0.4) is 0 Å². The number of hydrogen-bond donors (Lipinski definition) is 2.